The maximum absolute atomic E-state index is 12.8. The van der Waals surface area contributed by atoms with Crippen molar-refractivity contribution < 1.29 is 28.5 Å². The summed E-state index contributed by atoms with van der Waals surface area (Å²) in [5, 5.41) is 4.61. The van der Waals surface area contributed by atoms with Gasteiger partial charge in [0, 0.05) is 18.7 Å². The zero-order valence-corrected chi connectivity index (χ0v) is 20.6. The van der Waals surface area contributed by atoms with Crippen LogP contribution in [-0.4, -0.2) is 80.3 Å². The van der Waals surface area contributed by atoms with E-state index in [1.54, 1.807) is 12.1 Å². The number of benzene rings is 2. The molecule has 0 aliphatic carbocycles. The quantitative estimate of drug-likeness (QED) is 0.313. The summed E-state index contributed by atoms with van der Waals surface area (Å²) in [5.41, 5.74) is 1.64. The number of aromatic nitrogens is 2. The van der Waals surface area contributed by atoms with E-state index in [1.165, 1.54) is 18.9 Å². The van der Waals surface area contributed by atoms with E-state index in [-0.39, 0.29) is 11.3 Å². The lowest BCUT2D eigenvalue weighted by Gasteiger charge is -2.26. The van der Waals surface area contributed by atoms with Crippen LogP contribution in [0.25, 0.3) is 16.9 Å². The van der Waals surface area contributed by atoms with E-state index in [9.17, 15) is 9.59 Å². The minimum absolute atomic E-state index is 0.00569. The molecule has 1 saturated heterocycles. The molecule has 190 valence electrons. The molecule has 4 rings (SSSR count). The van der Waals surface area contributed by atoms with Crippen molar-refractivity contribution in [2.24, 2.45) is 0 Å². The number of hydrogen-bond donors (Lipinski definition) is 0. The number of para-hydroxylation sites is 1. The summed E-state index contributed by atoms with van der Waals surface area (Å²) in [4.78, 5) is 27.9. The molecule has 1 aromatic heterocycles. The number of carbonyl (C=O) groups excluding carboxylic acids is 2. The lowest BCUT2D eigenvalue weighted by atomic mass is 10.1. The number of unbranched alkanes of at least 4 members (excludes halogenated alkanes) is 1. The van der Waals surface area contributed by atoms with Gasteiger partial charge in [0.25, 0.3) is 0 Å². The molecule has 0 bridgehead atoms. The lowest BCUT2D eigenvalue weighted by molar-refractivity contribution is 0.0368. The fraction of sp³-hybridized carbons (Fsp3) is 0.370. The van der Waals surface area contributed by atoms with Gasteiger partial charge in [-0.1, -0.05) is 18.2 Å². The van der Waals surface area contributed by atoms with Gasteiger partial charge in [-0.15, -0.1) is 0 Å². The largest absolute Gasteiger partial charge is 0.494 e. The molecule has 36 heavy (non-hydrogen) atoms. The SMILES string of the molecule is COC(=O)c1c(-c2ccc(OCCCCN3CCOCC3)cc2)nn(-c2ccccc2)c1C(=O)OC. The summed E-state index contributed by atoms with van der Waals surface area (Å²) < 4.78 is 22.7. The van der Waals surface area contributed by atoms with Crippen molar-refractivity contribution in [3.8, 4) is 22.7 Å². The van der Waals surface area contributed by atoms with Crippen LogP contribution in [0.2, 0.25) is 0 Å². The molecule has 0 atom stereocenters. The minimum atomic E-state index is -0.685. The maximum Gasteiger partial charge on any atom is 0.357 e. The summed E-state index contributed by atoms with van der Waals surface area (Å²) in [6.45, 7) is 5.28. The van der Waals surface area contributed by atoms with Crippen LogP contribution in [0.15, 0.2) is 54.6 Å². The molecule has 0 spiro atoms. The van der Waals surface area contributed by atoms with E-state index in [0.717, 1.165) is 51.4 Å². The van der Waals surface area contributed by atoms with Crippen molar-refractivity contribution in [1.29, 1.82) is 0 Å². The molecule has 1 aliphatic heterocycles. The Balaban J connectivity index is 1.51. The van der Waals surface area contributed by atoms with E-state index in [2.05, 4.69) is 10.00 Å². The molecule has 0 radical (unpaired) electrons. The van der Waals surface area contributed by atoms with Gasteiger partial charge < -0.3 is 18.9 Å². The normalized spacial score (nSPS) is 13.8. The van der Waals surface area contributed by atoms with E-state index >= 15 is 0 Å². The Kier molecular flexibility index (Phi) is 8.70. The number of esters is 2. The highest BCUT2D eigenvalue weighted by molar-refractivity contribution is 6.06. The summed E-state index contributed by atoms with van der Waals surface area (Å²) in [6.07, 6.45) is 2.02. The van der Waals surface area contributed by atoms with Crippen LogP contribution in [0.1, 0.15) is 33.7 Å². The van der Waals surface area contributed by atoms with Gasteiger partial charge in [-0.05, 0) is 55.8 Å². The fourth-order valence-electron chi connectivity index (χ4n) is 4.12. The fourth-order valence-corrected chi connectivity index (χ4v) is 4.12. The van der Waals surface area contributed by atoms with Crippen molar-refractivity contribution in [2.45, 2.75) is 12.8 Å². The first-order valence-corrected chi connectivity index (χ1v) is 12.0. The topological polar surface area (TPSA) is 92.1 Å². The van der Waals surface area contributed by atoms with Gasteiger partial charge in [0.05, 0.1) is 39.7 Å². The third kappa shape index (κ3) is 5.92. The van der Waals surface area contributed by atoms with Gasteiger partial charge in [-0.25, -0.2) is 14.3 Å². The predicted molar refractivity (Wildman–Crippen MR) is 134 cm³/mol. The van der Waals surface area contributed by atoms with E-state index < -0.39 is 11.9 Å². The Morgan fingerprint density at radius 3 is 2.28 bits per heavy atom. The highest BCUT2D eigenvalue weighted by atomic mass is 16.5. The molecule has 0 N–H and O–H groups in total. The average Bonchev–Trinajstić information content (AvgIpc) is 3.34. The second kappa shape index (κ2) is 12.3. The standard InChI is InChI=1S/C27H31N3O6/c1-33-26(31)23-24(28-30(25(23)27(32)34-2)21-8-4-3-5-9-21)20-10-12-22(13-11-20)36-17-7-6-14-29-15-18-35-19-16-29/h3-5,8-13H,6-7,14-19H2,1-2H3. The predicted octanol–water partition coefficient (Wildman–Crippen LogP) is 3.60. The minimum Gasteiger partial charge on any atom is -0.494 e. The molecular formula is C27H31N3O6. The van der Waals surface area contributed by atoms with Crippen molar-refractivity contribution in [1.82, 2.24) is 14.7 Å². The van der Waals surface area contributed by atoms with Crippen LogP contribution >= 0.6 is 0 Å². The first kappa shape index (κ1) is 25.4. The van der Waals surface area contributed by atoms with Gasteiger partial charge in [0.2, 0.25) is 0 Å². The molecule has 1 fully saturated rings. The van der Waals surface area contributed by atoms with E-state index in [0.29, 0.717) is 23.6 Å². The zero-order chi connectivity index (χ0) is 25.3. The number of morpholine rings is 1. The molecule has 0 unspecified atom stereocenters. The van der Waals surface area contributed by atoms with E-state index in [1.807, 2.05) is 42.5 Å². The Morgan fingerprint density at radius 2 is 1.61 bits per heavy atom. The van der Waals surface area contributed by atoms with Crippen molar-refractivity contribution in [2.75, 3.05) is 53.7 Å². The van der Waals surface area contributed by atoms with Crippen molar-refractivity contribution in [3.05, 3.63) is 65.9 Å². The molecule has 0 saturated carbocycles. The molecular weight excluding hydrogens is 462 g/mol. The zero-order valence-electron chi connectivity index (χ0n) is 20.6. The number of methoxy groups -OCH3 is 2. The van der Waals surface area contributed by atoms with Crippen LogP contribution in [-0.2, 0) is 14.2 Å². The first-order valence-electron chi connectivity index (χ1n) is 12.0. The van der Waals surface area contributed by atoms with Crippen molar-refractivity contribution >= 4 is 11.9 Å². The second-order valence-corrected chi connectivity index (χ2v) is 8.34. The van der Waals surface area contributed by atoms with Gasteiger partial charge in [0.1, 0.15) is 17.0 Å². The smallest absolute Gasteiger partial charge is 0.357 e. The maximum atomic E-state index is 12.8. The van der Waals surface area contributed by atoms with Crippen LogP contribution in [0.4, 0.5) is 0 Å². The van der Waals surface area contributed by atoms with Crippen LogP contribution in [0.5, 0.6) is 5.75 Å². The Hall–Kier alpha value is -3.69. The molecule has 9 heteroatoms. The summed E-state index contributed by atoms with van der Waals surface area (Å²) in [6, 6.07) is 16.4. The van der Waals surface area contributed by atoms with Gasteiger partial charge >= 0.3 is 11.9 Å². The van der Waals surface area contributed by atoms with Gasteiger partial charge in [-0.3, -0.25) is 4.90 Å². The highest BCUT2D eigenvalue weighted by Gasteiger charge is 2.31. The number of nitrogens with zero attached hydrogens (tertiary/aromatic N) is 3. The number of rotatable bonds is 10. The molecule has 2 aromatic carbocycles. The molecule has 9 nitrogen and oxygen atoms in total. The van der Waals surface area contributed by atoms with Crippen LogP contribution in [0.3, 0.4) is 0 Å². The molecule has 3 aromatic rings. The van der Waals surface area contributed by atoms with Gasteiger partial charge in [0.15, 0.2) is 5.69 Å². The first-order chi connectivity index (χ1) is 17.6. The highest BCUT2D eigenvalue weighted by Crippen LogP contribution is 2.30. The third-order valence-electron chi connectivity index (χ3n) is 6.02. The summed E-state index contributed by atoms with van der Waals surface area (Å²) >= 11 is 0. The lowest BCUT2D eigenvalue weighted by Crippen LogP contribution is -2.36. The Bertz CT molecular complexity index is 1150. The average molecular weight is 494 g/mol. The van der Waals surface area contributed by atoms with Crippen LogP contribution in [0, 0.1) is 0 Å². The van der Waals surface area contributed by atoms with Crippen molar-refractivity contribution in [3.63, 3.8) is 0 Å². The Morgan fingerprint density at radius 1 is 0.917 bits per heavy atom. The number of hydrogen-bond acceptors (Lipinski definition) is 8. The van der Waals surface area contributed by atoms with Crippen LogP contribution < -0.4 is 4.74 Å². The van der Waals surface area contributed by atoms with E-state index in [4.69, 9.17) is 18.9 Å². The second-order valence-electron chi connectivity index (χ2n) is 8.34. The molecule has 2 heterocycles. The number of carbonyl (C=O) groups is 2. The van der Waals surface area contributed by atoms with Gasteiger partial charge in [-0.2, -0.15) is 5.10 Å². The number of ether oxygens (including phenoxy) is 4. The Labute approximate surface area is 210 Å². The monoisotopic (exact) mass is 493 g/mol. The summed E-state index contributed by atoms with van der Waals surface area (Å²) in [7, 11) is 2.53. The third-order valence-corrected chi connectivity index (χ3v) is 6.02. The molecule has 0 amide bonds. The summed E-state index contributed by atoms with van der Waals surface area (Å²) in [5.74, 6) is -0.636. The molecule has 1 aliphatic rings.